The highest BCUT2D eigenvalue weighted by Gasteiger charge is 2.07. The molecule has 106 valence electrons. The van der Waals surface area contributed by atoms with Crippen LogP contribution in [0.3, 0.4) is 0 Å². The zero-order chi connectivity index (χ0) is 14.4. The van der Waals surface area contributed by atoms with E-state index < -0.39 is 0 Å². The molecule has 20 heavy (non-hydrogen) atoms. The Morgan fingerprint density at radius 1 is 1.35 bits per heavy atom. The van der Waals surface area contributed by atoms with Gasteiger partial charge in [0.05, 0.1) is 0 Å². The molecular formula is C13H13Cl2N3OS. The summed E-state index contributed by atoms with van der Waals surface area (Å²) in [6, 6.07) is 6.61. The Bertz CT molecular complexity index is 589. The van der Waals surface area contributed by atoms with Gasteiger partial charge in [0, 0.05) is 27.7 Å². The van der Waals surface area contributed by atoms with E-state index in [-0.39, 0.29) is 6.03 Å². The van der Waals surface area contributed by atoms with Crippen molar-refractivity contribution < 1.29 is 4.79 Å². The Balaban J connectivity index is 1.89. The van der Waals surface area contributed by atoms with E-state index in [0.29, 0.717) is 21.7 Å². The topological polar surface area (TPSA) is 54.0 Å². The third-order valence-corrected chi connectivity index (χ3v) is 3.89. The molecule has 7 heteroatoms. The summed E-state index contributed by atoms with van der Waals surface area (Å²) < 4.78 is 0. The van der Waals surface area contributed by atoms with Crippen molar-refractivity contribution in [3.63, 3.8) is 0 Å². The number of nitrogens with zero attached hydrogens (tertiary/aromatic N) is 1. The number of amides is 2. The number of anilines is 2. The van der Waals surface area contributed by atoms with Crippen molar-refractivity contribution in [3.05, 3.63) is 40.4 Å². The Morgan fingerprint density at radius 3 is 2.95 bits per heavy atom. The van der Waals surface area contributed by atoms with Crippen molar-refractivity contribution in [2.75, 3.05) is 16.5 Å². The Hall–Kier alpha value is -1.30. The minimum atomic E-state index is -0.342. The highest BCUT2D eigenvalue weighted by atomic mass is 35.5. The largest absolute Gasteiger partial charge is 0.325 e. The smallest absolute Gasteiger partial charge is 0.308 e. The normalized spacial score (nSPS) is 10.3. The molecule has 2 aromatic rings. The molecule has 0 spiro atoms. The second kappa shape index (κ2) is 7.47. The summed E-state index contributed by atoms with van der Waals surface area (Å²) in [4.78, 5) is 17.0. The van der Waals surface area contributed by atoms with Crippen LogP contribution in [0.5, 0.6) is 0 Å². The number of nitrogens with one attached hydrogen (secondary N) is 2. The van der Waals surface area contributed by atoms with Crippen LogP contribution in [0.4, 0.5) is 15.6 Å². The minimum Gasteiger partial charge on any atom is -0.308 e. The molecule has 2 N–H and O–H groups in total. The molecule has 0 radical (unpaired) electrons. The molecule has 0 fully saturated rings. The van der Waals surface area contributed by atoms with Crippen LogP contribution in [-0.2, 0) is 6.42 Å². The molecule has 0 saturated carbocycles. The van der Waals surface area contributed by atoms with Gasteiger partial charge in [-0.25, -0.2) is 9.78 Å². The summed E-state index contributed by atoms with van der Waals surface area (Å²) in [6.45, 7) is 0. The SMILES string of the molecule is O=C(Nc1cccc(Cl)c1)Nc1ncc(CCCCl)s1. The zero-order valence-corrected chi connectivity index (χ0v) is 12.9. The number of benzene rings is 1. The molecule has 0 bridgehead atoms. The number of aryl methyl sites for hydroxylation is 1. The van der Waals surface area contributed by atoms with Gasteiger partial charge in [-0.05, 0) is 31.0 Å². The van der Waals surface area contributed by atoms with E-state index in [4.69, 9.17) is 23.2 Å². The van der Waals surface area contributed by atoms with Gasteiger partial charge in [-0.1, -0.05) is 17.7 Å². The molecule has 0 atom stereocenters. The second-order valence-corrected chi connectivity index (χ2v) is 5.94. The first-order valence-corrected chi connectivity index (χ1v) is 7.74. The van der Waals surface area contributed by atoms with E-state index in [1.54, 1.807) is 30.5 Å². The van der Waals surface area contributed by atoms with Crippen molar-refractivity contribution >= 4 is 51.4 Å². The van der Waals surface area contributed by atoms with Gasteiger partial charge in [-0.2, -0.15) is 0 Å². The second-order valence-electron chi connectivity index (χ2n) is 4.01. The molecule has 1 aromatic heterocycles. The van der Waals surface area contributed by atoms with Gasteiger partial charge in [0.25, 0.3) is 0 Å². The van der Waals surface area contributed by atoms with Crippen LogP contribution >= 0.6 is 34.5 Å². The maximum Gasteiger partial charge on any atom is 0.325 e. The van der Waals surface area contributed by atoms with Crippen molar-refractivity contribution in [2.24, 2.45) is 0 Å². The van der Waals surface area contributed by atoms with Crippen LogP contribution in [0.2, 0.25) is 5.02 Å². The lowest BCUT2D eigenvalue weighted by Crippen LogP contribution is -2.19. The van der Waals surface area contributed by atoms with Crippen LogP contribution in [0.25, 0.3) is 0 Å². The summed E-state index contributed by atoms with van der Waals surface area (Å²) >= 11 is 12.9. The third kappa shape index (κ3) is 4.67. The first-order chi connectivity index (χ1) is 9.67. The first kappa shape index (κ1) is 15.1. The maximum absolute atomic E-state index is 11.8. The van der Waals surface area contributed by atoms with Gasteiger partial charge < -0.3 is 5.32 Å². The number of hydrogen-bond donors (Lipinski definition) is 2. The standard InChI is InChI=1S/C13H13Cl2N3OS/c14-6-2-5-11-8-16-13(20-11)18-12(19)17-10-4-1-3-9(15)7-10/h1,3-4,7-8H,2,5-6H2,(H2,16,17,18,19). The molecule has 0 aliphatic rings. The van der Waals surface area contributed by atoms with E-state index in [9.17, 15) is 4.79 Å². The predicted octanol–water partition coefficient (Wildman–Crippen LogP) is 4.61. The number of carbonyl (C=O) groups excluding carboxylic acids is 1. The molecular weight excluding hydrogens is 317 g/mol. The number of rotatable bonds is 5. The fraction of sp³-hybridized carbons (Fsp3) is 0.231. The van der Waals surface area contributed by atoms with E-state index in [2.05, 4.69) is 15.6 Å². The Labute approximate surface area is 131 Å². The van der Waals surface area contributed by atoms with Crippen LogP contribution < -0.4 is 10.6 Å². The molecule has 0 saturated heterocycles. The zero-order valence-electron chi connectivity index (χ0n) is 10.5. The number of aromatic nitrogens is 1. The Kier molecular flexibility index (Phi) is 5.64. The fourth-order valence-electron chi connectivity index (χ4n) is 1.55. The highest BCUT2D eigenvalue weighted by molar-refractivity contribution is 7.15. The monoisotopic (exact) mass is 329 g/mol. The summed E-state index contributed by atoms with van der Waals surface area (Å²) in [7, 11) is 0. The highest BCUT2D eigenvalue weighted by Crippen LogP contribution is 2.20. The lowest BCUT2D eigenvalue weighted by Gasteiger charge is -2.05. The number of hydrogen-bond acceptors (Lipinski definition) is 3. The summed E-state index contributed by atoms with van der Waals surface area (Å²) in [5.41, 5.74) is 0.633. The summed E-state index contributed by atoms with van der Waals surface area (Å²) in [5, 5.41) is 6.52. The molecule has 0 aliphatic heterocycles. The number of alkyl halides is 1. The van der Waals surface area contributed by atoms with Crippen molar-refractivity contribution in [3.8, 4) is 0 Å². The molecule has 1 aromatic carbocycles. The van der Waals surface area contributed by atoms with Crippen LogP contribution in [0.15, 0.2) is 30.5 Å². The van der Waals surface area contributed by atoms with Gasteiger partial charge in [0.2, 0.25) is 0 Å². The molecule has 0 aliphatic carbocycles. The Morgan fingerprint density at radius 2 is 2.20 bits per heavy atom. The van der Waals surface area contributed by atoms with Gasteiger partial charge in [0.15, 0.2) is 5.13 Å². The van der Waals surface area contributed by atoms with Crippen LogP contribution in [-0.4, -0.2) is 16.9 Å². The molecule has 0 unspecified atom stereocenters. The quantitative estimate of drug-likeness (QED) is 0.787. The predicted molar refractivity (Wildman–Crippen MR) is 85.2 cm³/mol. The average molecular weight is 330 g/mol. The van der Waals surface area contributed by atoms with E-state index in [1.165, 1.54) is 11.3 Å². The molecule has 2 amide bonds. The van der Waals surface area contributed by atoms with E-state index >= 15 is 0 Å². The minimum absolute atomic E-state index is 0.342. The van der Waals surface area contributed by atoms with E-state index in [1.807, 2.05) is 0 Å². The third-order valence-electron chi connectivity index (χ3n) is 2.41. The van der Waals surface area contributed by atoms with Gasteiger partial charge >= 0.3 is 6.03 Å². The number of thiazole rings is 1. The fourth-order valence-corrected chi connectivity index (χ4v) is 2.72. The van der Waals surface area contributed by atoms with Crippen molar-refractivity contribution in [1.82, 2.24) is 4.98 Å². The average Bonchev–Trinajstić information content (AvgIpc) is 2.83. The molecule has 1 heterocycles. The van der Waals surface area contributed by atoms with Crippen LogP contribution in [0.1, 0.15) is 11.3 Å². The lowest BCUT2D eigenvalue weighted by atomic mass is 10.3. The van der Waals surface area contributed by atoms with Gasteiger partial charge in [-0.3, -0.25) is 5.32 Å². The maximum atomic E-state index is 11.8. The first-order valence-electron chi connectivity index (χ1n) is 6.01. The summed E-state index contributed by atoms with van der Waals surface area (Å²) in [6.07, 6.45) is 3.53. The van der Waals surface area contributed by atoms with Gasteiger partial charge in [0.1, 0.15) is 0 Å². The molecule has 2 rings (SSSR count). The van der Waals surface area contributed by atoms with Crippen molar-refractivity contribution in [1.29, 1.82) is 0 Å². The summed E-state index contributed by atoms with van der Waals surface area (Å²) in [5.74, 6) is 0.621. The van der Waals surface area contributed by atoms with E-state index in [0.717, 1.165) is 17.7 Å². The number of carbonyl (C=O) groups is 1. The molecule has 4 nitrogen and oxygen atoms in total. The van der Waals surface area contributed by atoms with Crippen LogP contribution in [0, 0.1) is 0 Å². The number of halogens is 2. The number of urea groups is 1. The lowest BCUT2D eigenvalue weighted by molar-refractivity contribution is 0.262. The van der Waals surface area contributed by atoms with Gasteiger partial charge in [-0.15, -0.1) is 22.9 Å². The van der Waals surface area contributed by atoms with Crippen molar-refractivity contribution in [2.45, 2.75) is 12.8 Å².